The Hall–Kier alpha value is -0.780. The first-order valence-corrected chi connectivity index (χ1v) is 6.99. The molecule has 1 aromatic rings. The molecule has 1 aromatic carbocycles. The van der Waals surface area contributed by atoms with E-state index in [0.29, 0.717) is 17.8 Å². The van der Waals surface area contributed by atoms with Crippen molar-refractivity contribution in [1.82, 2.24) is 0 Å². The van der Waals surface area contributed by atoms with Gasteiger partial charge in [-0.3, -0.25) is 0 Å². The molecule has 1 rings (SSSR count). The van der Waals surface area contributed by atoms with Crippen LogP contribution in [0.25, 0.3) is 0 Å². The van der Waals surface area contributed by atoms with Gasteiger partial charge in [-0.1, -0.05) is 71.2 Å². The zero-order chi connectivity index (χ0) is 12.8. The fraction of sp³-hybridized carbons (Fsp3) is 0.588. The van der Waals surface area contributed by atoms with Crippen molar-refractivity contribution < 1.29 is 0 Å². The summed E-state index contributed by atoms with van der Waals surface area (Å²) in [6.45, 7) is 13.4. The maximum atomic E-state index is 4.34. The molecule has 0 saturated carbocycles. The fourth-order valence-electron chi connectivity index (χ4n) is 2.18. The first-order chi connectivity index (χ1) is 8.06. The molecular weight excluding hydrogens is 204 g/mol. The minimum absolute atomic E-state index is 0.433. The van der Waals surface area contributed by atoms with E-state index >= 15 is 0 Å². The molecule has 2 atom stereocenters. The standard InChI is InChI=1S/C17H27/c1-6-7-8-14(4)15(5)17-11-9-16(10-12-17)13(2)3/h9-15H,5-8H2,1-4H3. The van der Waals surface area contributed by atoms with Gasteiger partial charge in [0, 0.05) is 0 Å². The lowest BCUT2D eigenvalue weighted by Crippen LogP contribution is -2.06. The highest BCUT2D eigenvalue weighted by molar-refractivity contribution is 5.28. The molecule has 0 bridgehead atoms. The minimum Gasteiger partial charge on any atom is -0.0654 e. The molecule has 0 heteroatoms. The first-order valence-electron chi connectivity index (χ1n) is 6.99. The largest absolute Gasteiger partial charge is 0.0654 e. The summed E-state index contributed by atoms with van der Waals surface area (Å²) in [5, 5.41) is 0. The number of hydrogen-bond donors (Lipinski definition) is 0. The SMILES string of the molecule is [CH2]C(c1ccc(C(C)C)cc1)C(C)CCCC. The average molecular weight is 231 g/mol. The van der Waals surface area contributed by atoms with Crippen LogP contribution in [0.2, 0.25) is 0 Å². The van der Waals surface area contributed by atoms with Gasteiger partial charge in [0.25, 0.3) is 0 Å². The Morgan fingerprint density at radius 3 is 2.00 bits per heavy atom. The van der Waals surface area contributed by atoms with Crippen molar-refractivity contribution in [2.24, 2.45) is 5.92 Å². The maximum absolute atomic E-state index is 4.34. The van der Waals surface area contributed by atoms with E-state index < -0.39 is 0 Å². The van der Waals surface area contributed by atoms with Crippen LogP contribution in [0.4, 0.5) is 0 Å². The normalized spacial score (nSPS) is 14.9. The zero-order valence-electron chi connectivity index (χ0n) is 11.9. The average Bonchev–Trinajstić information content (AvgIpc) is 2.35. The highest BCUT2D eigenvalue weighted by Gasteiger charge is 2.14. The van der Waals surface area contributed by atoms with Gasteiger partial charge in [-0.2, -0.15) is 0 Å². The molecule has 0 amide bonds. The second-order valence-corrected chi connectivity index (χ2v) is 5.55. The van der Waals surface area contributed by atoms with Gasteiger partial charge in [0.15, 0.2) is 0 Å². The Morgan fingerprint density at radius 2 is 1.53 bits per heavy atom. The maximum Gasteiger partial charge on any atom is -0.0136 e. The van der Waals surface area contributed by atoms with E-state index in [9.17, 15) is 0 Å². The van der Waals surface area contributed by atoms with E-state index in [1.165, 1.54) is 30.4 Å². The lowest BCUT2D eigenvalue weighted by Gasteiger charge is -2.20. The van der Waals surface area contributed by atoms with Crippen LogP contribution in [0, 0.1) is 12.8 Å². The summed E-state index contributed by atoms with van der Waals surface area (Å²) in [6, 6.07) is 9.03. The minimum atomic E-state index is 0.433. The summed E-state index contributed by atoms with van der Waals surface area (Å²) in [7, 11) is 0. The summed E-state index contributed by atoms with van der Waals surface area (Å²) in [4.78, 5) is 0. The van der Waals surface area contributed by atoms with E-state index in [-0.39, 0.29) is 0 Å². The van der Waals surface area contributed by atoms with Crippen LogP contribution in [-0.4, -0.2) is 0 Å². The monoisotopic (exact) mass is 231 g/mol. The zero-order valence-corrected chi connectivity index (χ0v) is 11.9. The smallest absolute Gasteiger partial charge is 0.0136 e. The van der Waals surface area contributed by atoms with Crippen molar-refractivity contribution >= 4 is 0 Å². The predicted octanol–water partition coefficient (Wildman–Crippen LogP) is 5.55. The van der Waals surface area contributed by atoms with Gasteiger partial charge in [-0.25, -0.2) is 0 Å². The number of rotatable bonds is 6. The van der Waals surface area contributed by atoms with Gasteiger partial charge in [0.2, 0.25) is 0 Å². The molecule has 0 aromatic heterocycles. The molecule has 0 aliphatic heterocycles. The van der Waals surface area contributed by atoms with Crippen LogP contribution in [0.3, 0.4) is 0 Å². The molecule has 0 spiro atoms. The second kappa shape index (κ2) is 6.83. The molecule has 0 N–H and O–H groups in total. The van der Waals surface area contributed by atoms with E-state index in [2.05, 4.69) is 58.9 Å². The molecule has 2 unspecified atom stereocenters. The molecule has 0 saturated heterocycles. The summed E-state index contributed by atoms with van der Waals surface area (Å²) in [5.41, 5.74) is 2.81. The Balaban J connectivity index is 2.65. The molecule has 1 radical (unpaired) electrons. The van der Waals surface area contributed by atoms with Gasteiger partial charge in [0.1, 0.15) is 0 Å². The van der Waals surface area contributed by atoms with Gasteiger partial charge in [-0.05, 0) is 35.8 Å². The van der Waals surface area contributed by atoms with Crippen LogP contribution < -0.4 is 0 Å². The van der Waals surface area contributed by atoms with Crippen LogP contribution in [0.15, 0.2) is 24.3 Å². The Labute approximate surface area is 107 Å². The van der Waals surface area contributed by atoms with E-state index in [1.54, 1.807) is 0 Å². The summed E-state index contributed by atoms with van der Waals surface area (Å²) >= 11 is 0. The highest BCUT2D eigenvalue weighted by atomic mass is 14.2. The third-order valence-corrected chi connectivity index (χ3v) is 3.73. The lowest BCUT2D eigenvalue weighted by molar-refractivity contribution is 0.461. The van der Waals surface area contributed by atoms with Gasteiger partial charge < -0.3 is 0 Å². The molecule has 17 heavy (non-hydrogen) atoms. The van der Waals surface area contributed by atoms with E-state index in [0.717, 1.165) is 0 Å². The van der Waals surface area contributed by atoms with Crippen molar-refractivity contribution in [2.45, 2.75) is 58.8 Å². The second-order valence-electron chi connectivity index (χ2n) is 5.55. The first kappa shape index (κ1) is 14.3. The van der Waals surface area contributed by atoms with Crippen LogP contribution in [-0.2, 0) is 0 Å². The molecule has 0 heterocycles. The third-order valence-electron chi connectivity index (χ3n) is 3.73. The van der Waals surface area contributed by atoms with Crippen LogP contribution in [0.1, 0.15) is 69.9 Å². The summed E-state index contributed by atoms with van der Waals surface area (Å²) in [5.74, 6) is 1.73. The molecule has 0 aliphatic rings. The van der Waals surface area contributed by atoms with Crippen molar-refractivity contribution in [3.63, 3.8) is 0 Å². The summed E-state index contributed by atoms with van der Waals surface area (Å²) in [6.07, 6.45) is 3.89. The lowest BCUT2D eigenvalue weighted by atomic mass is 9.85. The Morgan fingerprint density at radius 1 is 1.00 bits per heavy atom. The Kier molecular flexibility index (Phi) is 5.74. The van der Waals surface area contributed by atoms with E-state index in [1.807, 2.05) is 0 Å². The third kappa shape index (κ3) is 4.18. The fourth-order valence-corrected chi connectivity index (χ4v) is 2.18. The predicted molar refractivity (Wildman–Crippen MR) is 77.3 cm³/mol. The van der Waals surface area contributed by atoms with E-state index in [4.69, 9.17) is 0 Å². The van der Waals surface area contributed by atoms with Crippen LogP contribution >= 0.6 is 0 Å². The van der Waals surface area contributed by atoms with Crippen molar-refractivity contribution in [3.05, 3.63) is 42.3 Å². The van der Waals surface area contributed by atoms with Gasteiger partial charge in [0.05, 0.1) is 0 Å². The van der Waals surface area contributed by atoms with Gasteiger partial charge >= 0.3 is 0 Å². The quantitative estimate of drug-likeness (QED) is 0.601. The molecule has 0 fully saturated rings. The Bertz CT molecular complexity index is 307. The molecule has 95 valence electrons. The molecule has 0 aliphatic carbocycles. The highest BCUT2D eigenvalue weighted by Crippen LogP contribution is 2.28. The number of hydrogen-bond acceptors (Lipinski definition) is 0. The van der Waals surface area contributed by atoms with Crippen LogP contribution in [0.5, 0.6) is 0 Å². The number of benzene rings is 1. The van der Waals surface area contributed by atoms with Gasteiger partial charge in [-0.15, -0.1) is 0 Å². The topological polar surface area (TPSA) is 0 Å². The molecular formula is C17H27. The van der Waals surface area contributed by atoms with Crippen molar-refractivity contribution in [2.75, 3.05) is 0 Å². The summed E-state index contributed by atoms with van der Waals surface area (Å²) < 4.78 is 0. The molecule has 0 nitrogen and oxygen atoms in total. The van der Waals surface area contributed by atoms with Crippen molar-refractivity contribution in [1.29, 1.82) is 0 Å². The van der Waals surface area contributed by atoms with Crippen molar-refractivity contribution in [3.8, 4) is 0 Å². The number of unbranched alkanes of at least 4 members (excludes halogenated alkanes) is 1.